The van der Waals surface area contributed by atoms with Crippen LogP contribution < -0.4 is 5.32 Å². The summed E-state index contributed by atoms with van der Waals surface area (Å²) >= 11 is 0. The monoisotopic (exact) mass is 247 g/mol. The number of benzene rings is 1. The van der Waals surface area contributed by atoms with Gasteiger partial charge in [-0.15, -0.1) is 0 Å². The number of nitrogens with one attached hydrogen (secondary N) is 1. The Hall–Kier alpha value is -1.88. The van der Waals surface area contributed by atoms with Crippen LogP contribution in [0.15, 0.2) is 24.3 Å². The number of imidazole rings is 1. The number of aromatic nitrogens is 2. The predicted molar refractivity (Wildman–Crippen MR) is 69.4 cm³/mol. The molecule has 0 aliphatic carbocycles. The van der Waals surface area contributed by atoms with Crippen molar-refractivity contribution in [1.82, 2.24) is 14.9 Å². The van der Waals surface area contributed by atoms with Gasteiger partial charge < -0.3 is 15.0 Å². The van der Waals surface area contributed by atoms with E-state index in [9.17, 15) is 4.79 Å². The number of nitrogens with zero attached hydrogens (tertiary/aromatic N) is 2. The number of hydrogen-bond donors (Lipinski definition) is 2. The lowest BCUT2D eigenvalue weighted by Crippen LogP contribution is -2.24. The number of carboxylic acid groups (broad SMARTS) is 1. The van der Waals surface area contributed by atoms with Gasteiger partial charge >= 0.3 is 5.97 Å². The van der Waals surface area contributed by atoms with Gasteiger partial charge in [-0.05, 0) is 19.1 Å². The number of aliphatic carboxylic acids is 1. The minimum absolute atomic E-state index is 0.0294. The van der Waals surface area contributed by atoms with Gasteiger partial charge in [-0.25, -0.2) is 4.98 Å². The summed E-state index contributed by atoms with van der Waals surface area (Å²) in [6.07, 6.45) is 0.119. The highest BCUT2D eigenvalue weighted by molar-refractivity contribution is 5.75. The molecule has 1 unspecified atom stereocenters. The molecule has 0 aliphatic rings. The molecule has 5 heteroatoms. The number of rotatable bonds is 5. The van der Waals surface area contributed by atoms with Crippen molar-refractivity contribution in [2.75, 3.05) is 6.54 Å². The van der Waals surface area contributed by atoms with Crippen molar-refractivity contribution in [3.63, 3.8) is 0 Å². The first kappa shape index (κ1) is 12.6. The number of aryl methyl sites for hydroxylation is 1. The predicted octanol–water partition coefficient (Wildman–Crippen LogP) is 1.70. The standard InChI is InChI=1S/C13H17N3O2/c1-9(14-8-7-12(17)18)13-15-10-5-3-4-6-11(10)16(13)2/h3-6,9,14H,7-8H2,1-2H3,(H,17,18). The maximum Gasteiger partial charge on any atom is 0.304 e. The van der Waals surface area contributed by atoms with E-state index in [0.29, 0.717) is 6.54 Å². The van der Waals surface area contributed by atoms with E-state index in [0.717, 1.165) is 16.9 Å². The third kappa shape index (κ3) is 2.51. The van der Waals surface area contributed by atoms with E-state index >= 15 is 0 Å². The van der Waals surface area contributed by atoms with Gasteiger partial charge in [0.15, 0.2) is 0 Å². The van der Waals surface area contributed by atoms with Gasteiger partial charge in [0.2, 0.25) is 0 Å². The molecule has 0 fully saturated rings. The van der Waals surface area contributed by atoms with Crippen molar-refractivity contribution in [3.05, 3.63) is 30.1 Å². The molecule has 0 amide bonds. The van der Waals surface area contributed by atoms with E-state index in [2.05, 4.69) is 10.3 Å². The molecule has 0 radical (unpaired) electrons. The summed E-state index contributed by atoms with van der Waals surface area (Å²) < 4.78 is 2.04. The first-order valence-electron chi connectivity index (χ1n) is 5.96. The third-order valence-electron chi connectivity index (χ3n) is 3.00. The topological polar surface area (TPSA) is 67.2 Å². The molecule has 96 valence electrons. The number of para-hydroxylation sites is 2. The Morgan fingerprint density at radius 1 is 1.50 bits per heavy atom. The van der Waals surface area contributed by atoms with Crippen LogP contribution >= 0.6 is 0 Å². The van der Waals surface area contributed by atoms with Gasteiger partial charge in [0.25, 0.3) is 0 Å². The molecule has 18 heavy (non-hydrogen) atoms. The quantitative estimate of drug-likeness (QED) is 0.844. The summed E-state index contributed by atoms with van der Waals surface area (Å²) in [4.78, 5) is 15.0. The minimum Gasteiger partial charge on any atom is -0.481 e. The van der Waals surface area contributed by atoms with E-state index in [-0.39, 0.29) is 12.5 Å². The smallest absolute Gasteiger partial charge is 0.304 e. The van der Waals surface area contributed by atoms with Crippen molar-refractivity contribution >= 4 is 17.0 Å². The molecule has 0 saturated carbocycles. The van der Waals surface area contributed by atoms with Crippen LogP contribution in [0.5, 0.6) is 0 Å². The van der Waals surface area contributed by atoms with Gasteiger partial charge in [-0.2, -0.15) is 0 Å². The van der Waals surface area contributed by atoms with Crippen LogP contribution in [0.1, 0.15) is 25.2 Å². The Balaban J connectivity index is 2.15. The Labute approximate surface area is 105 Å². The van der Waals surface area contributed by atoms with Gasteiger partial charge in [-0.1, -0.05) is 12.1 Å². The average Bonchev–Trinajstić information content (AvgIpc) is 2.67. The summed E-state index contributed by atoms with van der Waals surface area (Å²) in [5.74, 6) is 0.126. The zero-order chi connectivity index (χ0) is 13.1. The SMILES string of the molecule is CC(NCCC(=O)O)c1nc2ccccc2n1C. The van der Waals surface area contributed by atoms with E-state index in [1.165, 1.54) is 0 Å². The molecule has 0 bridgehead atoms. The molecule has 2 aromatic rings. The van der Waals surface area contributed by atoms with Gasteiger partial charge in [0.1, 0.15) is 5.82 Å². The van der Waals surface area contributed by atoms with Crippen LogP contribution in [0.25, 0.3) is 11.0 Å². The highest BCUT2D eigenvalue weighted by atomic mass is 16.4. The summed E-state index contributed by atoms with van der Waals surface area (Å²) in [6, 6.07) is 7.97. The molecule has 1 aromatic heterocycles. The fourth-order valence-corrected chi connectivity index (χ4v) is 2.04. The number of carboxylic acids is 1. The molecule has 5 nitrogen and oxygen atoms in total. The second kappa shape index (κ2) is 5.18. The highest BCUT2D eigenvalue weighted by Gasteiger charge is 2.13. The van der Waals surface area contributed by atoms with Crippen LogP contribution in [-0.4, -0.2) is 27.2 Å². The molecular formula is C13H17N3O2. The Bertz CT molecular complexity index is 562. The molecule has 1 aromatic carbocycles. The van der Waals surface area contributed by atoms with Crippen LogP contribution in [0.4, 0.5) is 0 Å². The maximum absolute atomic E-state index is 10.5. The van der Waals surface area contributed by atoms with E-state index in [1.54, 1.807) is 0 Å². The highest BCUT2D eigenvalue weighted by Crippen LogP contribution is 2.18. The summed E-state index contributed by atoms with van der Waals surface area (Å²) in [6.45, 7) is 2.43. The fourth-order valence-electron chi connectivity index (χ4n) is 2.04. The van der Waals surface area contributed by atoms with Crippen molar-refractivity contribution in [1.29, 1.82) is 0 Å². The number of fused-ring (bicyclic) bond motifs is 1. The van der Waals surface area contributed by atoms with E-state index in [4.69, 9.17) is 5.11 Å². The Morgan fingerprint density at radius 2 is 2.22 bits per heavy atom. The molecule has 0 spiro atoms. The third-order valence-corrected chi connectivity index (χ3v) is 3.00. The summed E-state index contributed by atoms with van der Waals surface area (Å²) in [5, 5.41) is 11.8. The zero-order valence-electron chi connectivity index (χ0n) is 10.6. The molecule has 0 aliphatic heterocycles. The van der Waals surface area contributed by atoms with Gasteiger partial charge in [0.05, 0.1) is 23.5 Å². The molecule has 1 heterocycles. The largest absolute Gasteiger partial charge is 0.481 e. The lowest BCUT2D eigenvalue weighted by atomic mass is 10.3. The molecule has 2 rings (SSSR count). The molecule has 2 N–H and O–H groups in total. The normalized spacial score (nSPS) is 12.8. The van der Waals surface area contributed by atoms with Crippen LogP contribution in [0.2, 0.25) is 0 Å². The Morgan fingerprint density at radius 3 is 2.89 bits per heavy atom. The fraction of sp³-hybridized carbons (Fsp3) is 0.385. The zero-order valence-corrected chi connectivity index (χ0v) is 10.6. The molecule has 1 atom stereocenters. The second-order valence-corrected chi connectivity index (χ2v) is 4.34. The summed E-state index contributed by atoms with van der Waals surface area (Å²) in [5.41, 5.74) is 2.04. The van der Waals surface area contributed by atoms with Crippen molar-refractivity contribution in [2.45, 2.75) is 19.4 Å². The van der Waals surface area contributed by atoms with Gasteiger partial charge in [0, 0.05) is 13.6 Å². The van der Waals surface area contributed by atoms with Crippen LogP contribution in [0.3, 0.4) is 0 Å². The van der Waals surface area contributed by atoms with E-state index < -0.39 is 5.97 Å². The van der Waals surface area contributed by atoms with Crippen LogP contribution in [0, 0.1) is 0 Å². The van der Waals surface area contributed by atoms with Gasteiger partial charge in [-0.3, -0.25) is 4.79 Å². The Kier molecular flexibility index (Phi) is 3.62. The lowest BCUT2D eigenvalue weighted by Gasteiger charge is -2.12. The number of hydrogen-bond acceptors (Lipinski definition) is 3. The maximum atomic E-state index is 10.5. The number of carbonyl (C=O) groups is 1. The first-order valence-corrected chi connectivity index (χ1v) is 5.96. The molecular weight excluding hydrogens is 230 g/mol. The van der Waals surface area contributed by atoms with Crippen molar-refractivity contribution in [2.24, 2.45) is 7.05 Å². The second-order valence-electron chi connectivity index (χ2n) is 4.34. The molecule has 0 saturated heterocycles. The lowest BCUT2D eigenvalue weighted by molar-refractivity contribution is -0.136. The summed E-state index contributed by atoms with van der Waals surface area (Å²) in [7, 11) is 1.97. The average molecular weight is 247 g/mol. The minimum atomic E-state index is -0.792. The van der Waals surface area contributed by atoms with Crippen molar-refractivity contribution in [3.8, 4) is 0 Å². The van der Waals surface area contributed by atoms with Crippen LogP contribution in [-0.2, 0) is 11.8 Å². The first-order chi connectivity index (χ1) is 8.59. The van der Waals surface area contributed by atoms with Crippen molar-refractivity contribution < 1.29 is 9.90 Å². The van der Waals surface area contributed by atoms with E-state index in [1.807, 2.05) is 42.8 Å².